The average molecular weight is 198 g/mol. The number of hydrogen-bond acceptors (Lipinski definition) is 3. The molecule has 0 aliphatic heterocycles. The molecule has 3 heteroatoms. The van der Waals surface area contributed by atoms with Gasteiger partial charge in [-0.1, -0.05) is 6.42 Å². The van der Waals surface area contributed by atoms with E-state index in [1.807, 2.05) is 11.8 Å². The highest BCUT2D eigenvalue weighted by atomic mass is 32.2. The summed E-state index contributed by atoms with van der Waals surface area (Å²) in [5.74, 6) is 1.39. The van der Waals surface area contributed by atoms with Gasteiger partial charge in [-0.05, 0) is 26.0 Å². The Balaban J connectivity index is 2.31. The molecule has 3 unspecified atom stereocenters. The second-order valence-electron chi connectivity index (χ2n) is 3.80. The summed E-state index contributed by atoms with van der Waals surface area (Å²) in [5, 5.41) is 12.4. The van der Waals surface area contributed by atoms with E-state index in [1.165, 1.54) is 12.8 Å². The minimum absolute atomic E-state index is 0.254. The zero-order valence-electron chi connectivity index (χ0n) is 8.42. The van der Waals surface area contributed by atoms with E-state index in [0.717, 1.165) is 12.2 Å². The molecule has 1 aliphatic carbocycles. The zero-order valence-corrected chi connectivity index (χ0v) is 9.23. The van der Waals surface area contributed by atoms with Gasteiger partial charge in [-0.2, -0.15) is 17.0 Å². The maximum atomic E-state index is 8.88. The third-order valence-corrected chi connectivity index (χ3v) is 3.43. The van der Waals surface area contributed by atoms with Crippen LogP contribution in [0.15, 0.2) is 0 Å². The molecule has 1 N–H and O–H groups in total. The van der Waals surface area contributed by atoms with E-state index in [-0.39, 0.29) is 5.92 Å². The first-order valence-corrected chi connectivity index (χ1v) is 6.32. The van der Waals surface area contributed by atoms with Crippen LogP contribution in [0.25, 0.3) is 0 Å². The molecule has 0 heterocycles. The van der Waals surface area contributed by atoms with E-state index in [2.05, 4.69) is 24.6 Å². The Labute approximate surface area is 85.1 Å². The maximum Gasteiger partial charge on any atom is 0.0672 e. The predicted molar refractivity (Wildman–Crippen MR) is 57.7 cm³/mol. The second-order valence-corrected chi connectivity index (χ2v) is 4.71. The zero-order chi connectivity index (χ0) is 9.68. The van der Waals surface area contributed by atoms with Crippen LogP contribution in [-0.4, -0.2) is 24.1 Å². The Morgan fingerprint density at radius 2 is 2.38 bits per heavy atom. The largest absolute Gasteiger partial charge is 0.309 e. The smallest absolute Gasteiger partial charge is 0.0672 e. The van der Waals surface area contributed by atoms with Crippen LogP contribution < -0.4 is 5.32 Å². The molecular formula is C10H18N2S. The fourth-order valence-corrected chi connectivity index (χ4v) is 2.57. The van der Waals surface area contributed by atoms with Crippen LogP contribution in [0.4, 0.5) is 0 Å². The van der Waals surface area contributed by atoms with Gasteiger partial charge in [-0.15, -0.1) is 0 Å². The van der Waals surface area contributed by atoms with Gasteiger partial charge in [0.2, 0.25) is 0 Å². The minimum atomic E-state index is 0.254. The van der Waals surface area contributed by atoms with Crippen molar-refractivity contribution < 1.29 is 0 Å². The van der Waals surface area contributed by atoms with Crippen LogP contribution in [0, 0.1) is 17.2 Å². The van der Waals surface area contributed by atoms with Crippen molar-refractivity contribution in [1.29, 1.82) is 5.26 Å². The SMILES string of the molecule is CSCC(C)NC1CCCC1C#N. The van der Waals surface area contributed by atoms with E-state index in [9.17, 15) is 0 Å². The van der Waals surface area contributed by atoms with Crippen molar-refractivity contribution >= 4 is 11.8 Å². The summed E-state index contributed by atoms with van der Waals surface area (Å²) in [7, 11) is 0. The van der Waals surface area contributed by atoms with Crippen molar-refractivity contribution in [3.05, 3.63) is 0 Å². The van der Waals surface area contributed by atoms with E-state index in [4.69, 9.17) is 5.26 Å². The number of rotatable bonds is 4. The molecule has 1 rings (SSSR count). The lowest BCUT2D eigenvalue weighted by Crippen LogP contribution is -2.39. The molecule has 13 heavy (non-hydrogen) atoms. The molecule has 1 saturated carbocycles. The van der Waals surface area contributed by atoms with Gasteiger partial charge in [-0.3, -0.25) is 0 Å². The molecule has 0 amide bonds. The van der Waals surface area contributed by atoms with Gasteiger partial charge < -0.3 is 5.32 Å². The van der Waals surface area contributed by atoms with E-state index in [0.29, 0.717) is 12.1 Å². The monoisotopic (exact) mass is 198 g/mol. The van der Waals surface area contributed by atoms with Crippen molar-refractivity contribution in [1.82, 2.24) is 5.32 Å². The van der Waals surface area contributed by atoms with Crippen LogP contribution in [0.5, 0.6) is 0 Å². The summed E-state index contributed by atoms with van der Waals surface area (Å²) in [6.45, 7) is 2.20. The fraction of sp³-hybridized carbons (Fsp3) is 0.900. The van der Waals surface area contributed by atoms with Gasteiger partial charge in [0, 0.05) is 17.8 Å². The van der Waals surface area contributed by atoms with Crippen LogP contribution in [0.2, 0.25) is 0 Å². The third-order valence-electron chi connectivity index (χ3n) is 2.60. The van der Waals surface area contributed by atoms with Gasteiger partial charge in [0.15, 0.2) is 0 Å². The maximum absolute atomic E-state index is 8.88. The number of nitrogens with zero attached hydrogens (tertiary/aromatic N) is 1. The van der Waals surface area contributed by atoms with Gasteiger partial charge in [0.05, 0.1) is 12.0 Å². The Kier molecular flexibility index (Phi) is 4.61. The summed E-state index contributed by atoms with van der Waals surface area (Å²) in [5.41, 5.74) is 0. The lowest BCUT2D eigenvalue weighted by Gasteiger charge is -2.20. The second kappa shape index (κ2) is 5.51. The Morgan fingerprint density at radius 1 is 1.62 bits per heavy atom. The molecule has 0 bridgehead atoms. The molecule has 2 nitrogen and oxygen atoms in total. The summed E-state index contributed by atoms with van der Waals surface area (Å²) >= 11 is 1.86. The molecule has 0 saturated heterocycles. The molecule has 1 fully saturated rings. The molecule has 1 aliphatic rings. The predicted octanol–water partition coefficient (Wildman–Crippen LogP) is 2.02. The Morgan fingerprint density at radius 3 is 3.00 bits per heavy atom. The van der Waals surface area contributed by atoms with Gasteiger partial charge in [0.25, 0.3) is 0 Å². The Hall–Kier alpha value is -0.200. The van der Waals surface area contributed by atoms with Crippen LogP contribution in [0.3, 0.4) is 0 Å². The van der Waals surface area contributed by atoms with Gasteiger partial charge >= 0.3 is 0 Å². The number of thioether (sulfide) groups is 1. The normalized spacial score (nSPS) is 29.9. The van der Waals surface area contributed by atoms with Crippen molar-refractivity contribution in [3.8, 4) is 6.07 Å². The van der Waals surface area contributed by atoms with Crippen LogP contribution in [0.1, 0.15) is 26.2 Å². The van der Waals surface area contributed by atoms with Crippen LogP contribution >= 0.6 is 11.8 Å². The highest BCUT2D eigenvalue weighted by molar-refractivity contribution is 7.98. The van der Waals surface area contributed by atoms with Crippen LogP contribution in [-0.2, 0) is 0 Å². The number of nitriles is 1. The molecule has 0 aromatic carbocycles. The molecular weight excluding hydrogens is 180 g/mol. The third kappa shape index (κ3) is 3.21. The van der Waals surface area contributed by atoms with E-state index < -0.39 is 0 Å². The minimum Gasteiger partial charge on any atom is -0.309 e. The van der Waals surface area contributed by atoms with Crippen molar-refractivity contribution in [2.24, 2.45) is 5.92 Å². The first kappa shape index (κ1) is 10.9. The molecule has 74 valence electrons. The molecule has 0 aromatic rings. The van der Waals surface area contributed by atoms with E-state index >= 15 is 0 Å². The van der Waals surface area contributed by atoms with Gasteiger partial charge in [0.1, 0.15) is 0 Å². The fourth-order valence-electron chi connectivity index (χ4n) is 1.98. The summed E-state index contributed by atoms with van der Waals surface area (Å²) in [4.78, 5) is 0. The first-order valence-electron chi connectivity index (χ1n) is 4.92. The summed E-state index contributed by atoms with van der Waals surface area (Å²) in [6.07, 6.45) is 5.59. The van der Waals surface area contributed by atoms with Gasteiger partial charge in [-0.25, -0.2) is 0 Å². The lowest BCUT2D eigenvalue weighted by atomic mass is 10.1. The molecule has 0 spiro atoms. The van der Waals surface area contributed by atoms with Crippen molar-refractivity contribution in [2.45, 2.75) is 38.3 Å². The van der Waals surface area contributed by atoms with E-state index in [1.54, 1.807) is 0 Å². The molecule has 0 radical (unpaired) electrons. The first-order chi connectivity index (χ1) is 6.27. The summed E-state index contributed by atoms with van der Waals surface area (Å²) < 4.78 is 0. The summed E-state index contributed by atoms with van der Waals surface area (Å²) in [6, 6.07) is 3.38. The highest BCUT2D eigenvalue weighted by Gasteiger charge is 2.27. The molecule has 0 aromatic heterocycles. The standard InChI is InChI=1S/C10H18N2S/c1-8(7-13-2)12-10-5-3-4-9(10)6-11/h8-10,12H,3-5,7H2,1-2H3. The topological polar surface area (TPSA) is 35.8 Å². The number of hydrogen-bond donors (Lipinski definition) is 1. The highest BCUT2D eigenvalue weighted by Crippen LogP contribution is 2.25. The number of nitrogens with one attached hydrogen (secondary N) is 1. The van der Waals surface area contributed by atoms with Crippen molar-refractivity contribution in [3.63, 3.8) is 0 Å². The Bertz CT molecular complexity index is 188. The quantitative estimate of drug-likeness (QED) is 0.750. The molecule has 3 atom stereocenters. The van der Waals surface area contributed by atoms with Crippen molar-refractivity contribution in [2.75, 3.05) is 12.0 Å². The average Bonchev–Trinajstić information content (AvgIpc) is 2.52. The lowest BCUT2D eigenvalue weighted by molar-refractivity contribution is 0.429.